The molecule has 1 aromatic rings. The summed E-state index contributed by atoms with van der Waals surface area (Å²) in [6.45, 7) is 5.35. The molecule has 0 fully saturated rings. The second-order valence-corrected chi connectivity index (χ2v) is 4.22. The Bertz CT molecular complexity index is 650. The molecule has 112 valence electrons. The van der Waals surface area contributed by atoms with E-state index in [9.17, 15) is 4.79 Å². The zero-order chi connectivity index (χ0) is 16.2. The van der Waals surface area contributed by atoms with E-state index in [1.807, 2.05) is 0 Å². The number of nitrogens with zero attached hydrogens (tertiary/aromatic N) is 3. The summed E-state index contributed by atoms with van der Waals surface area (Å²) < 4.78 is 4.88. The monoisotopic (exact) mass is 311 g/mol. The summed E-state index contributed by atoms with van der Waals surface area (Å²) in [4.78, 5) is 22.9. The van der Waals surface area contributed by atoms with Crippen molar-refractivity contribution in [1.82, 2.24) is 9.97 Å². The highest BCUT2D eigenvalue weighted by molar-refractivity contribution is 6.58. The van der Waals surface area contributed by atoms with E-state index in [1.165, 1.54) is 13.3 Å². The Hall–Kier alpha value is -2.61. The molecular formula is C12H14ClN5O3. The van der Waals surface area contributed by atoms with Crippen molar-refractivity contribution in [1.29, 1.82) is 0 Å². The van der Waals surface area contributed by atoms with Gasteiger partial charge in [0.1, 0.15) is 10.9 Å². The number of rotatable bonds is 5. The van der Waals surface area contributed by atoms with Gasteiger partial charge >= 0.3 is 12.0 Å². The topological polar surface area (TPSA) is 137 Å². The Morgan fingerprint density at radius 3 is 2.57 bits per heavy atom. The number of aromatic nitrogens is 2. The lowest BCUT2D eigenvalue weighted by Crippen LogP contribution is -2.20. The second kappa shape index (κ2) is 6.71. The quantitative estimate of drug-likeness (QED) is 0.677. The number of aryl methyl sites for hydroxylation is 1. The maximum atomic E-state index is 11.1. The van der Waals surface area contributed by atoms with Gasteiger partial charge in [-0.25, -0.2) is 14.8 Å². The van der Waals surface area contributed by atoms with Crippen LogP contribution in [0.25, 0.3) is 5.70 Å². The van der Waals surface area contributed by atoms with Gasteiger partial charge in [-0.3, -0.25) is 0 Å². The lowest BCUT2D eigenvalue weighted by Gasteiger charge is -2.07. The summed E-state index contributed by atoms with van der Waals surface area (Å²) in [6, 6.07) is 0.176. The van der Waals surface area contributed by atoms with Gasteiger partial charge in [0.25, 0.3) is 0 Å². The third-order valence-electron chi connectivity index (χ3n) is 2.36. The van der Waals surface area contributed by atoms with Crippen LogP contribution in [0.4, 0.5) is 0 Å². The molecule has 0 atom stereocenters. The smallest absolute Gasteiger partial charge is 0.356 e. The van der Waals surface area contributed by atoms with Gasteiger partial charge in [-0.05, 0) is 6.92 Å². The zero-order valence-electron chi connectivity index (χ0n) is 11.4. The molecule has 0 amide bonds. The maximum Gasteiger partial charge on any atom is 0.356 e. The molecule has 0 unspecified atom stereocenters. The van der Waals surface area contributed by atoms with E-state index in [2.05, 4.69) is 21.5 Å². The van der Waals surface area contributed by atoms with E-state index in [1.54, 1.807) is 6.92 Å². The fourth-order valence-electron chi connectivity index (χ4n) is 1.35. The highest BCUT2D eigenvalue weighted by Gasteiger charge is 2.18. The Labute approximate surface area is 125 Å². The SMILES string of the molecule is C=C(/N=C(/C(=O)O)C(Cl)=C(N)N)c1cnc(OC)nc1C. The first-order valence-corrected chi connectivity index (χ1v) is 5.95. The van der Waals surface area contributed by atoms with Gasteiger partial charge in [0.05, 0.1) is 18.5 Å². The molecule has 1 heterocycles. The van der Waals surface area contributed by atoms with E-state index in [0.717, 1.165) is 0 Å². The molecule has 1 aromatic heterocycles. The van der Waals surface area contributed by atoms with Gasteiger partial charge < -0.3 is 21.3 Å². The van der Waals surface area contributed by atoms with Crippen LogP contribution in [0.15, 0.2) is 28.6 Å². The molecule has 0 aliphatic carbocycles. The maximum absolute atomic E-state index is 11.1. The molecule has 0 radical (unpaired) electrons. The molecule has 0 aliphatic heterocycles. The van der Waals surface area contributed by atoms with Crippen LogP contribution < -0.4 is 16.2 Å². The predicted molar refractivity (Wildman–Crippen MR) is 78.7 cm³/mol. The Balaban J connectivity index is 3.27. The Morgan fingerprint density at radius 1 is 1.52 bits per heavy atom. The van der Waals surface area contributed by atoms with Crippen molar-refractivity contribution in [3.63, 3.8) is 0 Å². The minimum Gasteiger partial charge on any atom is -0.476 e. The van der Waals surface area contributed by atoms with Crippen LogP contribution in [-0.2, 0) is 4.79 Å². The first-order chi connectivity index (χ1) is 9.77. The standard InChI is InChI=1S/C12H14ClN5O3/c1-5(7-4-16-12(21-3)18-6(7)2)17-9(11(19)20)8(13)10(14)15/h4H,1,14-15H2,2-3H3,(H,19,20)/b17-9+. The van der Waals surface area contributed by atoms with E-state index < -0.39 is 11.7 Å². The molecule has 21 heavy (non-hydrogen) atoms. The second-order valence-electron chi connectivity index (χ2n) is 3.84. The minimum absolute atomic E-state index is 0.104. The molecule has 0 spiro atoms. The first-order valence-electron chi connectivity index (χ1n) is 5.57. The number of carboxylic acid groups (broad SMARTS) is 1. The Kier molecular flexibility index (Phi) is 5.25. The van der Waals surface area contributed by atoms with E-state index >= 15 is 0 Å². The van der Waals surface area contributed by atoms with Crippen LogP contribution in [0.2, 0.25) is 0 Å². The predicted octanol–water partition coefficient (Wildman–Crippen LogP) is 0.615. The van der Waals surface area contributed by atoms with Crippen molar-refractivity contribution in [2.24, 2.45) is 16.5 Å². The van der Waals surface area contributed by atoms with Crippen molar-refractivity contribution in [3.8, 4) is 6.01 Å². The molecule has 0 saturated carbocycles. The Morgan fingerprint density at radius 2 is 2.14 bits per heavy atom. The van der Waals surface area contributed by atoms with Gasteiger partial charge in [-0.2, -0.15) is 4.98 Å². The van der Waals surface area contributed by atoms with Crippen LogP contribution in [0.5, 0.6) is 6.01 Å². The zero-order valence-corrected chi connectivity index (χ0v) is 12.2. The number of ether oxygens (including phenoxy) is 1. The molecule has 9 heteroatoms. The first kappa shape index (κ1) is 16.4. The summed E-state index contributed by atoms with van der Waals surface area (Å²) >= 11 is 5.72. The third kappa shape index (κ3) is 3.93. The minimum atomic E-state index is -1.39. The molecule has 8 nitrogen and oxygen atoms in total. The summed E-state index contributed by atoms with van der Waals surface area (Å²) in [5.74, 6) is -1.74. The van der Waals surface area contributed by atoms with Crippen LogP contribution in [0.3, 0.4) is 0 Å². The van der Waals surface area contributed by atoms with Crippen molar-refractivity contribution < 1.29 is 14.6 Å². The van der Waals surface area contributed by atoms with Gasteiger partial charge in [-0.1, -0.05) is 18.2 Å². The van der Waals surface area contributed by atoms with Crippen LogP contribution in [0, 0.1) is 6.92 Å². The van der Waals surface area contributed by atoms with Crippen LogP contribution >= 0.6 is 11.6 Å². The van der Waals surface area contributed by atoms with Gasteiger partial charge in [-0.15, -0.1) is 0 Å². The lowest BCUT2D eigenvalue weighted by molar-refractivity contribution is -0.129. The highest BCUT2D eigenvalue weighted by Crippen LogP contribution is 2.20. The van der Waals surface area contributed by atoms with Crippen LogP contribution in [-0.4, -0.2) is 33.9 Å². The van der Waals surface area contributed by atoms with Crippen LogP contribution in [0.1, 0.15) is 11.3 Å². The number of nitrogens with two attached hydrogens (primary N) is 2. The fourth-order valence-corrected chi connectivity index (χ4v) is 1.47. The number of carbonyl (C=O) groups is 1. The number of hydrogen-bond donors (Lipinski definition) is 3. The largest absolute Gasteiger partial charge is 0.476 e. The summed E-state index contributed by atoms with van der Waals surface area (Å²) in [5.41, 5.74) is 11.1. The fraction of sp³-hybridized carbons (Fsp3) is 0.167. The van der Waals surface area contributed by atoms with Crippen molar-refractivity contribution >= 4 is 29.0 Å². The number of aliphatic carboxylic acids is 1. The number of methoxy groups -OCH3 is 1. The number of aliphatic imine (C=N–C) groups is 1. The molecule has 0 bridgehead atoms. The number of carboxylic acids is 1. The van der Waals surface area contributed by atoms with Gasteiger partial charge in [0.2, 0.25) is 0 Å². The third-order valence-corrected chi connectivity index (χ3v) is 2.76. The highest BCUT2D eigenvalue weighted by atomic mass is 35.5. The molecule has 0 aliphatic rings. The normalized spacial score (nSPS) is 10.9. The molecule has 0 aromatic carbocycles. The molecule has 1 rings (SSSR count). The molecule has 0 saturated heterocycles. The lowest BCUT2D eigenvalue weighted by atomic mass is 10.2. The van der Waals surface area contributed by atoms with Gasteiger partial charge in [0.15, 0.2) is 5.71 Å². The number of hydrogen-bond acceptors (Lipinski definition) is 7. The molecule has 5 N–H and O–H groups in total. The van der Waals surface area contributed by atoms with E-state index in [-0.39, 0.29) is 22.6 Å². The number of halogens is 1. The average molecular weight is 312 g/mol. The van der Waals surface area contributed by atoms with E-state index in [0.29, 0.717) is 11.3 Å². The van der Waals surface area contributed by atoms with Gasteiger partial charge in [0, 0.05) is 11.8 Å². The average Bonchev–Trinajstić information content (AvgIpc) is 2.42. The van der Waals surface area contributed by atoms with Crippen molar-refractivity contribution in [3.05, 3.63) is 34.9 Å². The van der Waals surface area contributed by atoms with Crippen molar-refractivity contribution in [2.75, 3.05) is 7.11 Å². The van der Waals surface area contributed by atoms with E-state index in [4.69, 9.17) is 32.9 Å². The summed E-state index contributed by atoms with van der Waals surface area (Å²) in [5, 5.41) is 8.72. The molecular weight excluding hydrogens is 298 g/mol. The van der Waals surface area contributed by atoms with Crippen molar-refractivity contribution in [2.45, 2.75) is 6.92 Å². The summed E-state index contributed by atoms with van der Waals surface area (Å²) in [6.07, 6.45) is 1.41. The summed E-state index contributed by atoms with van der Waals surface area (Å²) in [7, 11) is 1.43.